The largest absolute Gasteiger partial charge is 0.383 e. The van der Waals surface area contributed by atoms with Crippen molar-refractivity contribution in [1.29, 1.82) is 0 Å². The number of carbonyl (C=O) groups excluding carboxylic acids is 1. The smallest absolute Gasteiger partial charge is 0.223 e. The Balaban J connectivity index is 1.96. The predicted octanol–water partition coefficient (Wildman–Crippen LogP) is 1.23. The van der Waals surface area contributed by atoms with Gasteiger partial charge in [-0.15, -0.1) is 0 Å². The Morgan fingerprint density at radius 3 is 2.50 bits per heavy atom. The van der Waals surface area contributed by atoms with Gasteiger partial charge in [0.15, 0.2) is 9.84 Å². The summed E-state index contributed by atoms with van der Waals surface area (Å²) in [5, 5.41) is 0. The first-order valence-electron chi connectivity index (χ1n) is 7.50. The van der Waals surface area contributed by atoms with Gasteiger partial charge in [-0.25, -0.2) is 8.42 Å². The van der Waals surface area contributed by atoms with Crippen molar-refractivity contribution in [3.8, 4) is 0 Å². The van der Waals surface area contributed by atoms with E-state index >= 15 is 0 Å². The molecule has 1 amide bonds. The molecule has 1 unspecified atom stereocenters. The van der Waals surface area contributed by atoms with Gasteiger partial charge >= 0.3 is 0 Å². The van der Waals surface area contributed by atoms with E-state index in [1.54, 1.807) is 12.0 Å². The second-order valence-corrected chi connectivity index (χ2v) is 8.22. The molecule has 1 aliphatic heterocycles. The van der Waals surface area contributed by atoms with Gasteiger partial charge in [0.2, 0.25) is 5.91 Å². The number of ether oxygens (including phenoxy) is 1. The van der Waals surface area contributed by atoms with E-state index in [0.717, 1.165) is 12.8 Å². The van der Waals surface area contributed by atoms with Crippen LogP contribution >= 0.6 is 0 Å². The lowest BCUT2D eigenvalue weighted by molar-refractivity contribution is -0.134. The van der Waals surface area contributed by atoms with E-state index in [1.807, 2.05) is 0 Å². The van der Waals surface area contributed by atoms with E-state index in [0.29, 0.717) is 31.9 Å². The number of hydrogen-bond donors (Lipinski definition) is 0. The van der Waals surface area contributed by atoms with Crippen molar-refractivity contribution < 1.29 is 17.9 Å². The highest BCUT2D eigenvalue weighted by atomic mass is 32.2. The number of methoxy groups -OCH3 is 1. The summed E-state index contributed by atoms with van der Waals surface area (Å²) in [4.78, 5) is 14.2. The van der Waals surface area contributed by atoms with Crippen LogP contribution in [0.2, 0.25) is 0 Å². The predicted molar refractivity (Wildman–Crippen MR) is 77.2 cm³/mol. The molecular formula is C14H25NO4S. The molecule has 0 spiro atoms. The molecule has 0 aromatic rings. The van der Waals surface area contributed by atoms with Gasteiger partial charge in [-0.2, -0.15) is 0 Å². The molecule has 0 aromatic carbocycles. The van der Waals surface area contributed by atoms with Gasteiger partial charge in [-0.05, 0) is 25.2 Å². The average Bonchev–Trinajstić information content (AvgIpc) is 3.00. The maximum absolute atomic E-state index is 12.5. The van der Waals surface area contributed by atoms with Crippen LogP contribution in [0.25, 0.3) is 0 Å². The van der Waals surface area contributed by atoms with Gasteiger partial charge in [0.05, 0.1) is 18.1 Å². The summed E-state index contributed by atoms with van der Waals surface area (Å²) in [5.74, 6) is 0.923. The normalized spacial score (nSPS) is 25.9. The summed E-state index contributed by atoms with van der Waals surface area (Å²) < 4.78 is 28.3. The highest BCUT2D eigenvalue weighted by Crippen LogP contribution is 2.29. The van der Waals surface area contributed by atoms with Crippen molar-refractivity contribution in [2.75, 3.05) is 31.8 Å². The molecule has 6 heteroatoms. The summed E-state index contributed by atoms with van der Waals surface area (Å²) in [5.41, 5.74) is 0. The van der Waals surface area contributed by atoms with Gasteiger partial charge in [0.1, 0.15) is 0 Å². The molecule has 1 saturated carbocycles. The molecule has 116 valence electrons. The second-order valence-electron chi connectivity index (χ2n) is 5.99. The molecule has 1 heterocycles. The zero-order valence-corrected chi connectivity index (χ0v) is 13.0. The van der Waals surface area contributed by atoms with Crippen LogP contribution in [-0.4, -0.2) is 57.0 Å². The van der Waals surface area contributed by atoms with Gasteiger partial charge < -0.3 is 9.64 Å². The molecule has 2 rings (SSSR count). The van der Waals surface area contributed by atoms with Crippen molar-refractivity contribution in [2.45, 2.75) is 44.6 Å². The van der Waals surface area contributed by atoms with E-state index in [4.69, 9.17) is 4.74 Å². The Hall–Kier alpha value is -0.620. The van der Waals surface area contributed by atoms with Crippen LogP contribution in [0.5, 0.6) is 0 Å². The van der Waals surface area contributed by atoms with E-state index in [9.17, 15) is 13.2 Å². The molecule has 0 bridgehead atoms. The van der Waals surface area contributed by atoms with Crippen LogP contribution in [-0.2, 0) is 19.4 Å². The topological polar surface area (TPSA) is 63.7 Å². The third-order valence-corrected chi connectivity index (χ3v) is 6.19. The fourth-order valence-electron chi connectivity index (χ4n) is 3.30. The maximum Gasteiger partial charge on any atom is 0.223 e. The summed E-state index contributed by atoms with van der Waals surface area (Å²) >= 11 is 0. The van der Waals surface area contributed by atoms with Gasteiger partial charge in [0.25, 0.3) is 0 Å². The zero-order chi connectivity index (χ0) is 14.6. The monoisotopic (exact) mass is 303 g/mol. The molecule has 20 heavy (non-hydrogen) atoms. The van der Waals surface area contributed by atoms with Gasteiger partial charge in [0, 0.05) is 26.1 Å². The van der Waals surface area contributed by atoms with Crippen LogP contribution in [0.4, 0.5) is 0 Å². The number of sulfone groups is 1. The minimum absolute atomic E-state index is 0.107. The standard InChI is InChI=1S/C14H25NO4S/c1-19-8-7-15(13-6-9-20(17,18)11-13)14(16)10-12-4-2-3-5-12/h12-13H,2-11H2,1H3. The zero-order valence-electron chi connectivity index (χ0n) is 12.2. The molecule has 2 fully saturated rings. The Morgan fingerprint density at radius 2 is 1.95 bits per heavy atom. The lowest BCUT2D eigenvalue weighted by Crippen LogP contribution is -2.43. The van der Waals surface area contributed by atoms with Crippen molar-refractivity contribution in [2.24, 2.45) is 5.92 Å². The molecule has 1 saturated heterocycles. The number of carbonyl (C=O) groups is 1. The van der Waals surface area contributed by atoms with Crippen LogP contribution in [0.1, 0.15) is 38.5 Å². The van der Waals surface area contributed by atoms with E-state index in [1.165, 1.54) is 12.8 Å². The lowest BCUT2D eigenvalue weighted by atomic mass is 10.0. The van der Waals surface area contributed by atoms with Crippen molar-refractivity contribution >= 4 is 15.7 Å². The molecule has 5 nitrogen and oxygen atoms in total. The van der Waals surface area contributed by atoms with Crippen LogP contribution in [0.3, 0.4) is 0 Å². The Morgan fingerprint density at radius 1 is 1.25 bits per heavy atom. The second kappa shape index (κ2) is 6.89. The van der Waals surface area contributed by atoms with E-state index in [2.05, 4.69) is 0 Å². The maximum atomic E-state index is 12.5. The third kappa shape index (κ3) is 4.19. The Labute approximate surface area is 121 Å². The molecule has 0 aromatic heterocycles. The first kappa shape index (κ1) is 15.8. The minimum Gasteiger partial charge on any atom is -0.383 e. The molecular weight excluding hydrogens is 278 g/mol. The SMILES string of the molecule is COCCN(C(=O)CC1CCCC1)C1CCS(=O)(=O)C1. The molecule has 2 aliphatic rings. The Kier molecular flexibility index (Phi) is 5.43. The first-order chi connectivity index (χ1) is 9.52. The van der Waals surface area contributed by atoms with Crippen LogP contribution in [0.15, 0.2) is 0 Å². The Bertz CT molecular complexity index is 428. The third-order valence-electron chi connectivity index (χ3n) is 4.44. The first-order valence-corrected chi connectivity index (χ1v) is 9.33. The number of rotatable bonds is 6. The lowest BCUT2D eigenvalue weighted by Gasteiger charge is -2.29. The molecule has 0 radical (unpaired) electrons. The summed E-state index contributed by atoms with van der Waals surface area (Å²) in [6.07, 6.45) is 5.84. The number of hydrogen-bond acceptors (Lipinski definition) is 4. The van der Waals surface area contributed by atoms with Crippen molar-refractivity contribution in [3.05, 3.63) is 0 Å². The average molecular weight is 303 g/mol. The highest BCUT2D eigenvalue weighted by Gasteiger charge is 2.35. The van der Waals surface area contributed by atoms with Crippen molar-refractivity contribution in [1.82, 2.24) is 4.90 Å². The highest BCUT2D eigenvalue weighted by molar-refractivity contribution is 7.91. The molecule has 1 aliphatic carbocycles. The van der Waals surface area contributed by atoms with E-state index < -0.39 is 9.84 Å². The van der Waals surface area contributed by atoms with Crippen LogP contribution in [0, 0.1) is 5.92 Å². The molecule has 0 N–H and O–H groups in total. The minimum atomic E-state index is -2.96. The van der Waals surface area contributed by atoms with Crippen molar-refractivity contribution in [3.63, 3.8) is 0 Å². The molecule has 1 atom stereocenters. The van der Waals surface area contributed by atoms with Gasteiger partial charge in [-0.3, -0.25) is 4.79 Å². The summed E-state index contributed by atoms with van der Waals surface area (Å²) in [7, 11) is -1.36. The summed E-state index contributed by atoms with van der Waals surface area (Å²) in [6.45, 7) is 0.967. The van der Waals surface area contributed by atoms with Crippen LogP contribution < -0.4 is 0 Å². The fraction of sp³-hybridized carbons (Fsp3) is 0.929. The fourth-order valence-corrected chi connectivity index (χ4v) is 5.03. The van der Waals surface area contributed by atoms with E-state index in [-0.39, 0.29) is 23.5 Å². The van der Waals surface area contributed by atoms with Gasteiger partial charge in [-0.1, -0.05) is 12.8 Å². The quantitative estimate of drug-likeness (QED) is 0.740. The number of amides is 1. The number of nitrogens with zero attached hydrogens (tertiary/aromatic N) is 1. The summed E-state index contributed by atoms with van der Waals surface area (Å²) in [6, 6.07) is -0.149.